The highest BCUT2D eigenvalue weighted by Crippen LogP contribution is 2.30. The van der Waals surface area contributed by atoms with E-state index in [1.165, 1.54) is 0 Å². The molecule has 1 aromatic heterocycles. The van der Waals surface area contributed by atoms with Crippen molar-refractivity contribution in [1.82, 2.24) is 9.97 Å². The lowest BCUT2D eigenvalue weighted by molar-refractivity contribution is -0.119. The monoisotopic (exact) mass is 368 g/mol. The van der Waals surface area contributed by atoms with Crippen LogP contribution >= 0.6 is 0 Å². The molecular weight excluding hydrogens is 348 g/mol. The van der Waals surface area contributed by atoms with E-state index in [9.17, 15) is 10.1 Å². The minimum Gasteiger partial charge on any atom is -0.292 e. The van der Waals surface area contributed by atoms with Crippen molar-refractivity contribution in [3.05, 3.63) is 76.7 Å². The third kappa shape index (κ3) is 3.25. The lowest BCUT2D eigenvalue weighted by Crippen LogP contribution is -2.36. The Morgan fingerprint density at radius 3 is 2.54 bits per heavy atom. The van der Waals surface area contributed by atoms with Crippen LogP contribution in [0, 0.1) is 25.2 Å². The fourth-order valence-electron chi connectivity index (χ4n) is 3.69. The Balaban J connectivity index is 1.64. The number of carbonyl (C=O) groups is 1. The molecule has 0 saturated carbocycles. The van der Waals surface area contributed by atoms with Crippen molar-refractivity contribution in [2.75, 3.05) is 4.90 Å². The molecule has 5 nitrogen and oxygen atoms in total. The number of hydrogen-bond donors (Lipinski definition) is 0. The van der Waals surface area contributed by atoms with E-state index in [4.69, 9.17) is 0 Å². The van der Waals surface area contributed by atoms with E-state index in [-0.39, 0.29) is 5.91 Å². The molecule has 0 saturated heterocycles. The maximum atomic E-state index is 12.6. The van der Waals surface area contributed by atoms with Gasteiger partial charge in [-0.3, -0.25) is 9.69 Å². The quantitative estimate of drug-likeness (QED) is 0.697. The summed E-state index contributed by atoms with van der Waals surface area (Å²) in [6.45, 7) is 4.30. The predicted molar refractivity (Wildman–Crippen MR) is 108 cm³/mol. The van der Waals surface area contributed by atoms with Crippen LogP contribution in [0.1, 0.15) is 34.6 Å². The van der Waals surface area contributed by atoms with Crippen molar-refractivity contribution in [2.24, 2.45) is 0 Å². The summed E-state index contributed by atoms with van der Waals surface area (Å²) in [5.74, 6) is 1.50. The highest BCUT2D eigenvalue weighted by atomic mass is 16.2. The Labute approximate surface area is 164 Å². The number of anilines is 1. The molecule has 0 bridgehead atoms. The number of amides is 1. The van der Waals surface area contributed by atoms with Crippen LogP contribution in [0.25, 0.3) is 11.1 Å². The fraction of sp³-hybridized carbons (Fsp3) is 0.217. The minimum absolute atomic E-state index is 0.0869. The second-order valence-electron chi connectivity index (χ2n) is 6.99. The van der Waals surface area contributed by atoms with Gasteiger partial charge < -0.3 is 0 Å². The predicted octanol–water partition coefficient (Wildman–Crippen LogP) is 4.11. The SMILES string of the molecule is Cc1nc(C)c2c(n1)N(Cc1ccc(-c3ccccc3C#N)cc1)C(=O)CC2. The van der Waals surface area contributed by atoms with E-state index in [2.05, 4.69) is 16.0 Å². The maximum absolute atomic E-state index is 12.6. The largest absolute Gasteiger partial charge is 0.292 e. The van der Waals surface area contributed by atoms with E-state index in [0.717, 1.165) is 33.8 Å². The highest BCUT2D eigenvalue weighted by Gasteiger charge is 2.27. The maximum Gasteiger partial charge on any atom is 0.228 e. The highest BCUT2D eigenvalue weighted by molar-refractivity contribution is 5.95. The summed E-state index contributed by atoms with van der Waals surface area (Å²) in [5, 5.41) is 9.31. The third-order valence-corrected chi connectivity index (χ3v) is 5.10. The average molecular weight is 368 g/mol. The van der Waals surface area contributed by atoms with Crippen molar-refractivity contribution in [2.45, 2.75) is 33.2 Å². The zero-order valence-corrected chi connectivity index (χ0v) is 15.9. The molecule has 1 aliphatic heterocycles. The first-order chi connectivity index (χ1) is 13.6. The van der Waals surface area contributed by atoms with Crippen LogP contribution in [0.4, 0.5) is 5.82 Å². The van der Waals surface area contributed by atoms with E-state index in [1.54, 1.807) is 4.90 Å². The molecule has 0 N–H and O–H groups in total. The summed E-state index contributed by atoms with van der Waals surface area (Å²) >= 11 is 0. The van der Waals surface area contributed by atoms with Gasteiger partial charge in [-0.05, 0) is 43.0 Å². The molecule has 4 rings (SSSR count). The Morgan fingerprint density at radius 2 is 1.79 bits per heavy atom. The molecule has 2 heterocycles. The number of aryl methyl sites for hydroxylation is 2. The van der Waals surface area contributed by atoms with Gasteiger partial charge in [-0.1, -0.05) is 42.5 Å². The summed E-state index contributed by atoms with van der Waals surface area (Å²) in [5.41, 5.74) is 5.58. The topological polar surface area (TPSA) is 69.9 Å². The summed E-state index contributed by atoms with van der Waals surface area (Å²) in [6, 6.07) is 17.8. The van der Waals surface area contributed by atoms with Gasteiger partial charge in [0.15, 0.2) is 0 Å². The molecule has 0 unspecified atom stereocenters. The van der Waals surface area contributed by atoms with Crippen LogP contribution in [-0.4, -0.2) is 15.9 Å². The van der Waals surface area contributed by atoms with Gasteiger partial charge in [0.05, 0.1) is 18.2 Å². The number of carbonyl (C=O) groups excluding carboxylic acids is 1. The lowest BCUT2D eigenvalue weighted by atomic mass is 9.98. The molecule has 0 spiro atoms. The first kappa shape index (κ1) is 17.9. The number of fused-ring (bicyclic) bond motifs is 1. The molecule has 0 fully saturated rings. The van der Waals surface area contributed by atoms with Crippen molar-refractivity contribution < 1.29 is 4.79 Å². The summed E-state index contributed by atoms with van der Waals surface area (Å²) in [6.07, 6.45) is 1.18. The summed E-state index contributed by atoms with van der Waals surface area (Å²) in [4.78, 5) is 23.3. The smallest absolute Gasteiger partial charge is 0.228 e. The molecule has 0 atom stereocenters. The van der Waals surface area contributed by atoms with Gasteiger partial charge >= 0.3 is 0 Å². The van der Waals surface area contributed by atoms with Crippen LogP contribution in [0.3, 0.4) is 0 Å². The van der Waals surface area contributed by atoms with Gasteiger partial charge in [0.1, 0.15) is 11.6 Å². The molecule has 1 aliphatic rings. The number of nitriles is 1. The zero-order valence-electron chi connectivity index (χ0n) is 15.9. The lowest BCUT2D eigenvalue weighted by Gasteiger charge is -2.29. The first-order valence-corrected chi connectivity index (χ1v) is 9.29. The Kier molecular flexibility index (Phi) is 4.62. The van der Waals surface area contributed by atoms with Gasteiger partial charge in [-0.15, -0.1) is 0 Å². The van der Waals surface area contributed by atoms with Crippen molar-refractivity contribution >= 4 is 11.7 Å². The molecule has 2 aromatic carbocycles. The Hall–Kier alpha value is -3.52. The number of rotatable bonds is 3. The van der Waals surface area contributed by atoms with Gasteiger partial charge in [0.2, 0.25) is 5.91 Å². The molecule has 3 aromatic rings. The van der Waals surface area contributed by atoms with Crippen LogP contribution < -0.4 is 4.90 Å². The van der Waals surface area contributed by atoms with Gasteiger partial charge in [0, 0.05) is 17.7 Å². The minimum atomic E-state index is 0.0869. The zero-order chi connectivity index (χ0) is 19.7. The second kappa shape index (κ2) is 7.24. The van der Waals surface area contributed by atoms with Crippen LogP contribution in [0.2, 0.25) is 0 Å². The Bertz CT molecular complexity index is 1100. The van der Waals surface area contributed by atoms with Crippen molar-refractivity contribution in [3.63, 3.8) is 0 Å². The molecule has 0 radical (unpaired) electrons. The van der Waals surface area contributed by atoms with Gasteiger partial charge in [-0.25, -0.2) is 9.97 Å². The average Bonchev–Trinajstić information content (AvgIpc) is 2.70. The molecule has 0 aliphatic carbocycles. The molecular formula is C23H20N4O. The summed E-state index contributed by atoms with van der Waals surface area (Å²) in [7, 11) is 0. The first-order valence-electron chi connectivity index (χ1n) is 9.29. The summed E-state index contributed by atoms with van der Waals surface area (Å²) < 4.78 is 0. The van der Waals surface area contributed by atoms with E-state index < -0.39 is 0 Å². The van der Waals surface area contributed by atoms with E-state index in [1.807, 2.05) is 62.4 Å². The number of benzene rings is 2. The number of hydrogen-bond acceptors (Lipinski definition) is 4. The van der Waals surface area contributed by atoms with Crippen LogP contribution in [-0.2, 0) is 17.8 Å². The normalized spacial score (nSPS) is 13.2. The number of nitrogens with zero attached hydrogens (tertiary/aromatic N) is 4. The van der Waals surface area contributed by atoms with E-state index >= 15 is 0 Å². The standard InChI is InChI=1S/C23H20N4O/c1-15-20-11-12-22(28)27(23(20)26-16(2)25-15)14-17-7-9-18(10-8-17)21-6-4-3-5-19(21)13-24/h3-10H,11-12,14H2,1-2H3. The Morgan fingerprint density at radius 1 is 1.04 bits per heavy atom. The van der Waals surface area contributed by atoms with Gasteiger partial charge in [-0.2, -0.15) is 5.26 Å². The fourth-order valence-corrected chi connectivity index (χ4v) is 3.69. The molecule has 1 amide bonds. The van der Waals surface area contributed by atoms with Crippen molar-refractivity contribution in [1.29, 1.82) is 5.26 Å². The molecule has 138 valence electrons. The van der Waals surface area contributed by atoms with Crippen LogP contribution in [0.5, 0.6) is 0 Å². The van der Waals surface area contributed by atoms with Crippen LogP contribution in [0.15, 0.2) is 48.5 Å². The van der Waals surface area contributed by atoms with E-state index in [0.29, 0.717) is 30.8 Å². The van der Waals surface area contributed by atoms with Crippen molar-refractivity contribution in [3.8, 4) is 17.2 Å². The third-order valence-electron chi connectivity index (χ3n) is 5.10. The molecule has 5 heteroatoms. The number of aromatic nitrogens is 2. The van der Waals surface area contributed by atoms with Gasteiger partial charge in [0.25, 0.3) is 0 Å². The molecule has 28 heavy (non-hydrogen) atoms. The second-order valence-corrected chi connectivity index (χ2v) is 6.99.